The van der Waals surface area contributed by atoms with Gasteiger partial charge in [0.05, 0.1) is 6.10 Å². The van der Waals surface area contributed by atoms with Crippen LogP contribution in [-0.4, -0.2) is 34.6 Å². The minimum atomic E-state index is 0.102. The average molecular weight is 381 g/mol. The van der Waals surface area contributed by atoms with E-state index in [1.54, 1.807) is 0 Å². The van der Waals surface area contributed by atoms with Crippen LogP contribution in [-0.2, 0) is 0 Å². The molecule has 2 unspecified atom stereocenters. The van der Waals surface area contributed by atoms with Crippen molar-refractivity contribution in [3.8, 4) is 5.88 Å². The molecule has 0 saturated carbocycles. The van der Waals surface area contributed by atoms with Gasteiger partial charge in [0.2, 0.25) is 5.88 Å². The Morgan fingerprint density at radius 2 is 1.86 bits per heavy atom. The largest absolute Gasteiger partial charge is 0.475 e. The van der Waals surface area contributed by atoms with Crippen LogP contribution >= 0.6 is 0 Å². The fourth-order valence-electron chi connectivity index (χ4n) is 4.41. The summed E-state index contributed by atoms with van der Waals surface area (Å²) in [4.78, 5) is 7.15. The first-order valence-corrected chi connectivity index (χ1v) is 10.8. The van der Waals surface area contributed by atoms with Gasteiger partial charge in [-0.2, -0.15) is 0 Å². The highest BCUT2D eigenvalue weighted by molar-refractivity contribution is 5.21. The van der Waals surface area contributed by atoms with Gasteiger partial charge in [-0.1, -0.05) is 50.2 Å². The number of nitrogens with zero attached hydrogens (tertiary/aromatic N) is 2. The highest BCUT2D eigenvalue weighted by atomic mass is 16.5. The Balaban J connectivity index is 1.58. The lowest BCUT2D eigenvalue weighted by molar-refractivity contribution is 0.0451. The average Bonchev–Trinajstić information content (AvgIpc) is 2.69. The van der Waals surface area contributed by atoms with Crippen LogP contribution in [0.25, 0.3) is 0 Å². The summed E-state index contributed by atoms with van der Waals surface area (Å²) in [6.07, 6.45) is 5.60. The van der Waals surface area contributed by atoms with Crippen LogP contribution in [0.2, 0.25) is 0 Å². The quantitative estimate of drug-likeness (QED) is 0.587. The minimum absolute atomic E-state index is 0.102. The van der Waals surface area contributed by atoms with E-state index in [0.717, 1.165) is 18.8 Å². The SMILES string of the molecule is CC(CC(C)(C)N1CCCC(c2ccccc2)C1)Oc1ccc(C(C)C)cn1. The number of pyridine rings is 1. The molecule has 0 spiro atoms. The van der Waals surface area contributed by atoms with Crippen LogP contribution in [0.4, 0.5) is 0 Å². The summed E-state index contributed by atoms with van der Waals surface area (Å²) in [5.74, 6) is 1.86. The lowest BCUT2D eigenvalue weighted by atomic mass is 9.86. The smallest absolute Gasteiger partial charge is 0.213 e. The number of hydrogen-bond acceptors (Lipinski definition) is 3. The van der Waals surface area contributed by atoms with Gasteiger partial charge in [0.15, 0.2) is 0 Å². The van der Waals surface area contributed by atoms with E-state index in [1.807, 2.05) is 12.3 Å². The van der Waals surface area contributed by atoms with E-state index in [-0.39, 0.29) is 11.6 Å². The molecular weight excluding hydrogens is 344 g/mol. The number of ether oxygens (including phenoxy) is 1. The Labute approximate surface area is 171 Å². The maximum absolute atomic E-state index is 6.15. The molecule has 2 atom stereocenters. The topological polar surface area (TPSA) is 25.4 Å². The van der Waals surface area contributed by atoms with Gasteiger partial charge in [-0.15, -0.1) is 0 Å². The summed E-state index contributed by atoms with van der Waals surface area (Å²) < 4.78 is 6.15. The Hall–Kier alpha value is -1.87. The van der Waals surface area contributed by atoms with Crippen molar-refractivity contribution in [2.75, 3.05) is 13.1 Å². The standard InChI is InChI=1S/C25H36N2O/c1-19(2)22-13-14-24(26-17-22)28-20(3)16-25(4,5)27-15-9-12-23(18-27)21-10-7-6-8-11-21/h6-8,10-11,13-14,17,19-20,23H,9,12,15-16,18H2,1-5H3. The second-order valence-corrected chi connectivity index (χ2v) is 9.23. The number of aromatic nitrogens is 1. The molecule has 3 rings (SSSR count). The molecule has 1 fully saturated rings. The van der Waals surface area contributed by atoms with Gasteiger partial charge in [-0.25, -0.2) is 4.98 Å². The van der Waals surface area contributed by atoms with Crippen molar-refractivity contribution < 1.29 is 4.74 Å². The third-order valence-corrected chi connectivity index (χ3v) is 6.08. The Kier molecular flexibility index (Phi) is 6.77. The van der Waals surface area contributed by atoms with Crippen molar-refractivity contribution in [3.63, 3.8) is 0 Å². The first kappa shape index (κ1) is 20.9. The number of benzene rings is 1. The van der Waals surface area contributed by atoms with Crippen molar-refractivity contribution in [1.29, 1.82) is 0 Å². The molecule has 0 amide bonds. The molecule has 0 radical (unpaired) electrons. The predicted molar refractivity (Wildman–Crippen MR) is 117 cm³/mol. The molecule has 2 aromatic rings. The van der Waals surface area contributed by atoms with Crippen molar-refractivity contribution in [2.45, 2.75) is 77.4 Å². The molecule has 0 N–H and O–H groups in total. The Morgan fingerprint density at radius 3 is 2.50 bits per heavy atom. The summed E-state index contributed by atoms with van der Waals surface area (Å²) in [6.45, 7) is 13.5. The van der Waals surface area contributed by atoms with E-state index in [4.69, 9.17) is 4.74 Å². The third kappa shape index (κ3) is 5.35. The molecule has 1 saturated heterocycles. The van der Waals surface area contributed by atoms with Crippen LogP contribution in [0.5, 0.6) is 5.88 Å². The fraction of sp³-hybridized carbons (Fsp3) is 0.560. The van der Waals surface area contributed by atoms with Crippen LogP contribution in [0, 0.1) is 0 Å². The molecule has 0 aliphatic carbocycles. The number of hydrogen-bond donors (Lipinski definition) is 0. The molecule has 28 heavy (non-hydrogen) atoms. The van der Waals surface area contributed by atoms with Gasteiger partial charge in [0, 0.05) is 30.8 Å². The van der Waals surface area contributed by atoms with E-state index >= 15 is 0 Å². The summed E-state index contributed by atoms with van der Waals surface area (Å²) in [5.41, 5.74) is 2.83. The van der Waals surface area contributed by atoms with Gasteiger partial charge >= 0.3 is 0 Å². The predicted octanol–water partition coefficient (Wildman–Crippen LogP) is 6.02. The highest BCUT2D eigenvalue weighted by Gasteiger charge is 2.33. The van der Waals surface area contributed by atoms with E-state index in [1.165, 1.54) is 30.5 Å². The van der Waals surface area contributed by atoms with E-state index in [9.17, 15) is 0 Å². The van der Waals surface area contributed by atoms with Crippen molar-refractivity contribution in [2.24, 2.45) is 0 Å². The molecule has 1 aliphatic rings. The molecule has 3 nitrogen and oxygen atoms in total. The van der Waals surface area contributed by atoms with Crippen LogP contribution in [0.3, 0.4) is 0 Å². The molecular formula is C25H36N2O. The van der Waals surface area contributed by atoms with Crippen molar-refractivity contribution >= 4 is 0 Å². The number of likely N-dealkylation sites (tertiary alicyclic amines) is 1. The Bertz CT molecular complexity index is 724. The summed E-state index contributed by atoms with van der Waals surface area (Å²) >= 11 is 0. The fourth-order valence-corrected chi connectivity index (χ4v) is 4.41. The van der Waals surface area contributed by atoms with Gasteiger partial charge in [0.1, 0.15) is 0 Å². The van der Waals surface area contributed by atoms with Gasteiger partial charge < -0.3 is 4.74 Å². The van der Waals surface area contributed by atoms with E-state index in [0.29, 0.717) is 11.8 Å². The molecule has 3 heteroatoms. The Morgan fingerprint density at radius 1 is 1.11 bits per heavy atom. The maximum Gasteiger partial charge on any atom is 0.213 e. The highest BCUT2D eigenvalue weighted by Crippen LogP contribution is 2.33. The van der Waals surface area contributed by atoms with Gasteiger partial charge in [-0.05, 0) is 63.1 Å². The summed E-state index contributed by atoms with van der Waals surface area (Å²) in [5, 5.41) is 0. The number of piperidine rings is 1. The third-order valence-electron chi connectivity index (χ3n) is 6.08. The summed E-state index contributed by atoms with van der Waals surface area (Å²) in [7, 11) is 0. The van der Waals surface area contributed by atoms with Crippen molar-refractivity contribution in [1.82, 2.24) is 9.88 Å². The van der Waals surface area contributed by atoms with Crippen LogP contribution in [0.15, 0.2) is 48.7 Å². The maximum atomic E-state index is 6.15. The molecule has 1 aliphatic heterocycles. The lowest BCUT2D eigenvalue weighted by Gasteiger charge is -2.44. The zero-order chi connectivity index (χ0) is 20.1. The van der Waals surface area contributed by atoms with Crippen LogP contribution < -0.4 is 4.74 Å². The van der Waals surface area contributed by atoms with E-state index in [2.05, 4.69) is 80.9 Å². The first-order valence-electron chi connectivity index (χ1n) is 10.8. The normalized spacial score (nSPS) is 19.6. The van der Waals surface area contributed by atoms with Gasteiger partial charge in [0.25, 0.3) is 0 Å². The van der Waals surface area contributed by atoms with Crippen molar-refractivity contribution in [3.05, 3.63) is 59.8 Å². The molecule has 0 bridgehead atoms. The number of rotatable bonds is 7. The second kappa shape index (κ2) is 9.09. The zero-order valence-electron chi connectivity index (χ0n) is 18.2. The minimum Gasteiger partial charge on any atom is -0.475 e. The van der Waals surface area contributed by atoms with Crippen LogP contribution in [0.1, 0.15) is 76.8 Å². The molecule has 1 aromatic heterocycles. The second-order valence-electron chi connectivity index (χ2n) is 9.23. The monoisotopic (exact) mass is 380 g/mol. The first-order chi connectivity index (χ1) is 13.3. The zero-order valence-corrected chi connectivity index (χ0v) is 18.2. The molecule has 1 aromatic carbocycles. The summed E-state index contributed by atoms with van der Waals surface area (Å²) in [6, 6.07) is 15.1. The molecule has 152 valence electrons. The van der Waals surface area contributed by atoms with Gasteiger partial charge in [-0.3, -0.25) is 4.90 Å². The van der Waals surface area contributed by atoms with E-state index < -0.39 is 0 Å². The molecule has 2 heterocycles. The lowest BCUT2D eigenvalue weighted by Crippen LogP contribution is -2.50.